The van der Waals surface area contributed by atoms with Gasteiger partial charge in [-0.25, -0.2) is 9.37 Å². The molecule has 190 valence electrons. The van der Waals surface area contributed by atoms with Crippen LogP contribution in [0.3, 0.4) is 0 Å². The second-order valence-electron chi connectivity index (χ2n) is 9.50. The average molecular weight is 508 g/mol. The molecule has 0 spiro atoms. The number of rotatable bonds is 8. The summed E-state index contributed by atoms with van der Waals surface area (Å²) in [6.07, 6.45) is 7.70. The number of fused-ring (bicyclic) bond motifs is 1. The minimum absolute atomic E-state index is 0.120. The van der Waals surface area contributed by atoms with Gasteiger partial charge < -0.3 is 10.2 Å². The Bertz CT molecular complexity index is 1600. The van der Waals surface area contributed by atoms with Gasteiger partial charge in [-0.15, -0.1) is 0 Å². The first kappa shape index (κ1) is 23.7. The van der Waals surface area contributed by atoms with Gasteiger partial charge >= 0.3 is 0 Å². The van der Waals surface area contributed by atoms with Crippen LogP contribution in [0.4, 0.5) is 15.9 Å². The van der Waals surface area contributed by atoms with Crippen molar-refractivity contribution in [1.82, 2.24) is 29.5 Å². The molecule has 2 aromatic carbocycles. The van der Waals surface area contributed by atoms with Crippen molar-refractivity contribution in [2.45, 2.75) is 25.2 Å². The number of halogens is 1. The molecule has 9 heteroatoms. The predicted molar refractivity (Wildman–Crippen MR) is 143 cm³/mol. The zero-order valence-electron chi connectivity index (χ0n) is 20.9. The van der Waals surface area contributed by atoms with E-state index in [1.807, 2.05) is 28.8 Å². The van der Waals surface area contributed by atoms with Crippen LogP contribution in [0.25, 0.3) is 17.0 Å². The highest BCUT2D eigenvalue weighted by atomic mass is 19.1. The fourth-order valence-corrected chi connectivity index (χ4v) is 4.38. The first-order chi connectivity index (χ1) is 18.5. The molecule has 0 atom stereocenters. The number of carbonyl (C=O) groups is 1. The highest BCUT2D eigenvalue weighted by Crippen LogP contribution is 2.40. The molecule has 1 fully saturated rings. The van der Waals surface area contributed by atoms with E-state index in [2.05, 4.69) is 15.3 Å². The number of anilines is 2. The summed E-state index contributed by atoms with van der Waals surface area (Å²) in [5.41, 5.74) is 5.10. The van der Waals surface area contributed by atoms with Gasteiger partial charge in [0, 0.05) is 55.3 Å². The van der Waals surface area contributed by atoms with E-state index in [4.69, 9.17) is 10.1 Å². The number of amides is 1. The van der Waals surface area contributed by atoms with Crippen molar-refractivity contribution >= 4 is 23.1 Å². The lowest BCUT2D eigenvalue weighted by atomic mass is 10.1. The quantitative estimate of drug-likeness (QED) is 0.308. The number of likely N-dealkylation sites (N-methyl/N-ethyl adjacent to an activating group) is 1. The monoisotopic (exact) mass is 507 g/mol. The molecule has 1 amide bonds. The molecule has 6 rings (SSSR count). The van der Waals surface area contributed by atoms with Crippen LogP contribution in [0.2, 0.25) is 0 Å². The molecule has 1 N–H and O–H groups in total. The van der Waals surface area contributed by atoms with Crippen molar-refractivity contribution in [2.24, 2.45) is 0 Å². The van der Waals surface area contributed by atoms with Crippen LogP contribution in [0.5, 0.6) is 0 Å². The van der Waals surface area contributed by atoms with E-state index in [0.717, 1.165) is 35.7 Å². The Morgan fingerprint density at radius 2 is 1.89 bits per heavy atom. The number of benzene rings is 2. The lowest BCUT2D eigenvalue weighted by Crippen LogP contribution is -2.29. The Labute approximate surface area is 219 Å². The fraction of sp³-hybridized carbons (Fsp3) is 0.207. The van der Waals surface area contributed by atoms with Gasteiger partial charge in [-0.2, -0.15) is 9.61 Å². The molecule has 5 aromatic rings. The largest absolute Gasteiger partial charge is 0.341 e. The Kier molecular flexibility index (Phi) is 6.25. The Morgan fingerprint density at radius 1 is 1.08 bits per heavy atom. The summed E-state index contributed by atoms with van der Waals surface area (Å²) in [6.45, 7) is 0.419. The normalized spacial score (nSPS) is 13.0. The zero-order valence-corrected chi connectivity index (χ0v) is 20.9. The lowest BCUT2D eigenvalue weighted by molar-refractivity contribution is 0.0796. The van der Waals surface area contributed by atoms with Crippen LogP contribution in [0.15, 0.2) is 79.3 Å². The highest BCUT2D eigenvalue weighted by molar-refractivity contribution is 5.94. The molecule has 0 unspecified atom stereocenters. The topological polar surface area (TPSA) is 88.3 Å². The lowest BCUT2D eigenvalue weighted by Gasteiger charge is -2.18. The third kappa shape index (κ3) is 4.95. The van der Waals surface area contributed by atoms with Crippen LogP contribution in [-0.2, 0) is 6.42 Å². The summed E-state index contributed by atoms with van der Waals surface area (Å²) in [7, 11) is 1.73. The first-order valence-electron chi connectivity index (χ1n) is 12.6. The van der Waals surface area contributed by atoms with E-state index in [0.29, 0.717) is 41.4 Å². The maximum atomic E-state index is 13.9. The Morgan fingerprint density at radius 3 is 2.63 bits per heavy atom. The van der Waals surface area contributed by atoms with E-state index >= 15 is 0 Å². The van der Waals surface area contributed by atoms with Crippen LogP contribution >= 0.6 is 0 Å². The standard InChI is InChI=1S/C29H26FN7O/c1-36(15-12-19-4-2-3-5-23(19)30)29(38)21-8-10-22(11-9-21)33-27-17-25(26-18-31-13-14-32-26)34-28-16-24(20-6-7-20)35-37(27)28/h2-5,8-11,13-14,16-18,20,33H,6-7,12,15H2,1H3. The maximum absolute atomic E-state index is 13.9. The van der Waals surface area contributed by atoms with E-state index in [1.165, 1.54) is 6.07 Å². The van der Waals surface area contributed by atoms with Crippen molar-refractivity contribution in [3.8, 4) is 11.4 Å². The van der Waals surface area contributed by atoms with Crippen molar-refractivity contribution in [3.05, 3.63) is 102 Å². The van der Waals surface area contributed by atoms with Crippen LogP contribution < -0.4 is 5.32 Å². The molecule has 38 heavy (non-hydrogen) atoms. The van der Waals surface area contributed by atoms with E-state index in [9.17, 15) is 9.18 Å². The summed E-state index contributed by atoms with van der Waals surface area (Å²) in [5, 5.41) is 8.22. The number of nitrogens with zero attached hydrogens (tertiary/aromatic N) is 6. The van der Waals surface area contributed by atoms with Crippen molar-refractivity contribution in [3.63, 3.8) is 0 Å². The molecule has 0 aliphatic heterocycles. The van der Waals surface area contributed by atoms with Crippen LogP contribution in [0, 0.1) is 5.82 Å². The van der Waals surface area contributed by atoms with Crippen molar-refractivity contribution in [2.75, 3.05) is 18.9 Å². The number of hydrogen-bond donors (Lipinski definition) is 1. The van der Waals surface area contributed by atoms with Gasteiger partial charge in [-0.1, -0.05) is 18.2 Å². The molecule has 3 heterocycles. The second kappa shape index (κ2) is 10.0. The predicted octanol–water partition coefficient (Wildman–Crippen LogP) is 5.26. The Balaban J connectivity index is 1.21. The van der Waals surface area contributed by atoms with Gasteiger partial charge in [0.2, 0.25) is 0 Å². The molecular formula is C29H26FN7O. The Hall–Kier alpha value is -4.66. The highest BCUT2D eigenvalue weighted by Gasteiger charge is 2.27. The SMILES string of the molecule is CN(CCc1ccccc1F)C(=O)c1ccc(Nc2cc(-c3cnccn3)nc3cc(C4CC4)nn23)cc1. The van der Waals surface area contributed by atoms with Gasteiger partial charge in [-0.3, -0.25) is 14.8 Å². The van der Waals surface area contributed by atoms with Crippen molar-refractivity contribution in [1.29, 1.82) is 0 Å². The fourth-order valence-electron chi connectivity index (χ4n) is 4.38. The molecule has 0 bridgehead atoms. The zero-order chi connectivity index (χ0) is 26.1. The molecule has 8 nitrogen and oxygen atoms in total. The third-order valence-electron chi connectivity index (χ3n) is 6.69. The second-order valence-corrected chi connectivity index (χ2v) is 9.50. The van der Waals surface area contributed by atoms with E-state index in [-0.39, 0.29) is 11.7 Å². The first-order valence-corrected chi connectivity index (χ1v) is 12.6. The van der Waals surface area contributed by atoms with Crippen LogP contribution in [0.1, 0.15) is 40.4 Å². The van der Waals surface area contributed by atoms with Gasteiger partial charge in [0.25, 0.3) is 5.91 Å². The minimum Gasteiger partial charge on any atom is -0.341 e. The molecule has 1 aliphatic carbocycles. The molecular weight excluding hydrogens is 481 g/mol. The molecule has 0 saturated heterocycles. The summed E-state index contributed by atoms with van der Waals surface area (Å²) < 4.78 is 15.7. The summed E-state index contributed by atoms with van der Waals surface area (Å²) in [5.74, 6) is 0.858. The number of aromatic nitrogens is 5. The average Bonchev–Trinajstić information content (AvgIpc) is 3.71. The maximum Gasteiger partial charge on any atom is 0.253 e. The minimum atomic E-state index is -0.252. The molecule has 3 aromatic heterocycles. The van der Waals surface area contributed by atoms with E-state index < -0.39 is 0 Å². The molecule has 1 aliphatic rings. The van der Waals surface area contributed by atoms with Gasteiger partial charge in [0.1, 0.15) is 17.3 Å². The molecule has 0 radical (unpaired) electrons. The van der Waals surface area contributed by atoms with Gasteiger partial charge in [0.05, 0.1) is 17.6 Å². The molecule has 1 saturated carbocycles. The number of carbonyl (C=O) groups excluding carboxylic acids is 1. The third-order valence-corrected chi connectivity index (χ3v) is 6.69. The summed E-state index contributed by atoms with van der Waals surface area (Å²) >= 11 is 0. The van der Waals surface area contributed by atoms with E-state index in [1.54, 1.807) is 60.9 Å². The van der Waals surface area contributed by atoms with Gasteiger partial charge in [0.15, 0.2) is 5.65 Å². The number of hydrogen-bond acceptors (Lipinski definition) is 6. The summed E-state index contributed by atoms with van der Waals surface area (Å²) in [6, 6.07) is 17.9. The number of nitrogens with one attached hydrogen (secondary N) is 1. The summed E-state index contributed by atoms with van der Waals surface area (Å²) in [4.78, 5) is 27.9. The van der Waals surface area contributed by atoms with Gasteiger partial charge in [-0.05, 0) is 55.2 Å². The smallest absolute Gasteiger partial charge is 0.253 e. The van der Waals surface area contributed by atoms with Crippen LogP contribution in [-0.4, -0.2) is 49.0 Å². The van der Waals surface area contributed by atoms with Crippen molar-refractivity contribution < 1.29 is 9.18 Å².